The molecule has 0 radical (unpaired) electrons. The van der Waals surface area contributed by atoms with Crippen LogP contribution in [-0.2, 0) is 14.6 Å². The lowest BCUT2D eigenvalue weighted by atomic mass is 9.92. The van der Waals surface area contributed by atoms with Gasteiger partial charge in [-0.15, -0.1) is 0 Å². The first kappa shape index (κ1) is 19.2. The number of sulfone groups is 1. The SMILES string of the molecule is Cc1ccc(S(=O)(=O)C(N)C2CCOc3c(OCC(=O)O)cccc32)cc1. The molecular weight excluding hydrogens is 370 g/mol. The molecule has 1 aliphatic heterocycles. The number of hydrogen-bond donors (Lipinski definition) is 2. The molecule has 0 amide bonds. The van der Waals surface area contributed by atoms with Crippen molar-refractivity contribution in [1.82, 2.24) is 0 Å². The van der Waals surface area contributed by atoms with Gasteiger partial charge < -0.3 is 20.3 Å². The number of benzene rings is 2. The van der Waals surface area contributed by atoms with Gasteiger partial charge >= 0.3 is 5.97 Å². The van der Waals surface area contributed by atoms with Crippen LogP contribution in [0.3, 0.4) is 0 Å². The summed E-state index contributed by atoms with van der Waals surface area (Å²) in [5, 5.41) is 7.65. The molecule has 0 spiro atoms. The molecule has 3 rings (SSSR count). The molecule has 2 aromatic rings. The topological polar surface area (TPSA) is 116 Å². The van der Waals surface area contributed by atoms with Gasteiger partial charge in [-0.2, -0.15) is 0 Å². The molecule has 0 aliphatic carbocycles. The van der Waals surface area contributed by atoms with Crippen LogP contribution in [0.2, 0.25) is 0 Å². The van der Waals surface area contributed by atoms with Crippen LogP contribution in [0.4, 0.5) is 0 Å². The van der Waals surface area contributed by atoms with Gasteiger partial charge in [0, 0.05) is 11.5 Å². The molecule has 2 aromatic carbocycles. The molecule has 7 nitrogen and oxygen atoms in total. The summed E-state index contributed by atoms with van der Waals surface area (Å²) < 4.78 is 36.9. The highest BCUT2D eigenvalue weighted by molar-refractivity contribution is 7.92. The Kier molecular flexibility index (Phi) is 5.38. The third-order valence-electron chi connectivity index (χ3n) is 4.54. The number of carbonyl (C=O) groups is 1. The van der Waals surface area contributed by atoms with E-state index in [-0.39, 0.29) is 17.3 Å². The van der Waals surface area contributed by atoms with Crippen LogP contribution in [-0.4, -0.2) is 38.1 Å². The van der Waals surface area contributed by atoms with Gasteiger partial charge in [0.1, 0.15) is 5.37 Å². The van der Waals surface area contributed by atoms with Crippen LogP contribution in [0.5, 0.6) is 11.5 Å². The number of carboxylic acid groups (broad SMARTS) is 1. The summed E-state index contributed by atoms with van der Waals surface area (Å²) >= 11 is 0. The predicted octanol–water partition coefficient (Wildman–Crippen LogP) is 2.08. The molecule has 0 bridgehead atoms. The molecular formula is C19H21NO6S. The number of aliphatic carboxylic acids is 1. The molecule has 3 N–H and O–H groups in total. The fraction of sp³-hybridized carbons (Fsp3) is 0.316. The highest BCUT2D eigenvalue weighted by Gasteiger charge is 2.36. The van der Waals surface area contributed by atoms with E-state index in [1.807, 2.05) is 6.92 Å². The lowest BCUT2D eigenvalue weighted by Crippen LogP contribution is -2.39. The Bertz CT molecular complexity index is 939. The Morgan fingerprint density at radius 3 is 2.67 bits per heavy atom. The fourth-order valence-corrected chi connectivity index (χ4v) is 4.66. The summed E-state index contributed by atoms with van der Waals surface area (Å²) in [6.45, 7) is 1.63. The minimum absolute atomic E-state index is 0.173. The number of carboxylic acids is 1. The minimum Gasteiger partial charge on any atom is -0.489 e. The van der Waals surface area contributed by atoms with E-state index in [2.05, 4.69) is 0 Å². The first-order valence-corrected chi connectivity index (χ1v) is 10.0. The number of ether oxygens (including phenoxy) is 2. The van der Waals surface area contributed by atoms with Gasteiger partial charge in [0.25, 0.3) is 0 Å². The van der Waals surface area contributed by atoms with Crippen LogP contribution in [0, 0.1) is 6.92 Å². The Hall–Kier alpha value is -2.58. The standard InChI is InChI=1S/C19H21NO6S/c1-12-5-7-13(8-6-12)27(23,24)19(20)15-9-10-25-18-14(15)3-2-4-16(18)26-11-17(21)22/h2-8,15,19H,9-11,20H2,1H3,(H,21,22). The second-order valence-corrected chi connectivity index (χ2v) is 8.53. The van der Waals surface area contributed by atoms with Crippen molar-refractivity contribution in [2.24, 2.45) is 5.73 Å². The molecule has 144 valence electrons. The van der Waals surface area contributed by atoms with Gasteiger partial charge in [-0.05, 0) is 31.5 Å². The van der Waals surface area contributed by atoms with E-state index in [1.54, 1.807) is 42.5 Å². The molecule has 0 aromatic heterocycles. The van der Waals surface area contributed by atoms with Gasteiger partial charge in [-0.25, -0.2) is 13.2 Å². The van der Waals surface area contributed by atoms with E-state index < -0.39 is 33.7 Å². The summed E-state index contributed by atoms with van der Waals surface area (Å²) in [7, 11) is -3.75. The molecule has 27 heavy (non-hydrogen) atoms. The zero-order chi connectivity index (χ0) is 19.6. The highest BCUT2D eigenvalue weighted by atomic mass is 32.2. The van der Waals surface area contributed by atoms with Crippen molar-refractivity contribution in [3.63, 3.8) is 0 Å². The Morgan fingerprint density at radius 2 is 2.00 bits per heavy atom. The number of rotatable bonds is 6. The highest BCUT2D eigenvalue weighted by Crippen LogP contribution is 2.43. The molecule has 2 unspecified atom stereocenters. The summed E-state index contributed by atoms with van der Waals surface area (Å²) in [5.41, 5.74) is 7.77. The van der Waals surface area contributed by atoms with E-state index in [1.165, 1.54) is 0 Å². The number of fused-ring (bicyclic) bond motifs is 1. The number of para-hydroxylation sites is 1. The van der Waals surface area contributed by atoms with E-state index in [0.717, 1.165) is 5.56 Å². The summed E-state index contributed by atoms with van der Waals surface area (Å²) in [6, 6.07) is 11.6. The quantitative estimate of drug-likeness (QED) is 0.774. The van der Waals surface area contributed by atoms with E-state index in [0.29, 0.717) is 17.7 Å². The maximum atomic E-state index is 13.0. The monoisotopic (exact) mass is 391 g/mol. The second kappa shape index (κ2) is 7.58. The minimum atomic E-state index is -3.75. The molecule has 0 saturated carbocycles. The van der Waals surface area contributed by atoms with Crippen LogP contribution in [0.1, 0.15) is 23.5 Å². The summed E-state index contributed by atoms with van der Waals surface area (Å²) in [4.78, 5) is 10.9. The van der Waals surface area contributed by atoms with Crippen molar-refractivity contribution in [1.29, 1.82) is 0 Å². The maximum Gasteiger partial charge on any atom is 0.341 e. The molecule has 0 saturated heterocycles. The Morgan fingerprint density at radius 1 is 1.30 bits per heavy atom. The smallest absolute Gasteiger partial charge is 0.341 e. The maximum absolute atomic E-state index is 13.0. The summed E-state index contributed by atoms with van der Waals surface area (Å²) in [6.07, 6.45) is 0.432. The van der Waals surface area contributed by atoms with Crippen molar-refractivity contribution in [2.45, 2.75) is 29.5 Å². The zero-order valence-electron chi connectivity index (χ0n) is 14.8. The normalized spacial score (nSPS) is 17.5. The Balaban J connectivity index is 1.94. The van der Waals surface area contributed by atoms with Crippen molar-refractivity contribution >= 4 is 15.8 Å². The van der Waals surface area contributed by atoms with Gasteiger partial charge in [0.05, 0.1) is 11.5 Å². The molecule has 0 fully saturated rings. The van der Waals surface area contributed by atoms with Gasteiger partial charge in [0.2, 0.25) is 0 Å². The fourth-order valence-electron chi connectivity index (χ4n) is 3.12. The molecule has 1 aliphatic rings. The Labute approximate surface area is 157 Å². The van der Waals surface area contributed by atoms with Crippen molar-refractivity contribution < 1.29 is 27.8 Å². The lowest BCUT2D eigenvalue weighted by molar-refractivity contribution is -0.139. The molecule has 8 heteroatoms. The average molecular weight is 391 g/mol. The lowest BCUT2D eigenvalue weighted by Gasteiger charge is -2.31. The largest absolute Gasteiger partial charge is 0.489 e. The van der Waals surface area contributed by atoms with E-state index in [4.69, 9.17) is 20.3 Å². The van der Waals surface area contributed by atoms with Crippen LogP contribution < -0.4 is 15.2 Å². The summed E-state index contributed by atoms with van der Waals surface area (Å²) in [5.74, 6) is -0.990. The van der Waals surface area contributed by atoms with Crippen molar-refractivity contribution in [2.75, 3.05) is 13.2 Å². The zero-order valence-corrected chi connectivity index (χ0v) is 15.6. The number of hydrogen-bond acceptors (Lipinski definition) is 6. The van der Waals surface area contributed by atoms with Gasteiger partial charge in [0.15, 0.2) is 27.9 Å². The first-order valence-electron chi connectivity index (χ1n) is 8.47. The average Bonchev–Trinajstić information content (AvgIpc) is 2.65. The van der Waals surface area contributed by atoms with Crippen LogP contribution >= 0.6 is 0 Å². The van der Waals surface area contributed by atoms with Crippen molar-refractivity contribution in [3.05, 3.63) is 53.6 Å². The van der Waals surface area contributed by atoms with Crippen LogP contribution in [0.15, 0.2) is 47.4 Å². The predicted molar refractivity (Wildman–Crippen MR) is 98.8 cm³/mol. The number of aryl methyl sites for hydroxylation is 1. The second-order valence-electron chi connectivity index (χ2n) is 6.42. The van der Waals surface area contributed by atoms with E-state index in [9.17, 15) is 13.2 Å². The third kappa shape index (κ3) is 3.91. The van der Waals surface area contributed by atoms with Gasteiger partial charge in [-0.3, -0.25) is 0 Å². The van der Waals surface area contributed by atoms with E-state index >= 15 is 0 Å². The molecule has 2 atom stereocenters. The molecule has 1 heterocycles. The number of nitrogens with two attached hydrogens (primary N) is 1. The van der Waals surface area contributed by atoms with Gasteiger partial charge in [-0.1, -0.05) is 29.8 Å². The third-order valence-corrected chi connectivity index (χ3v) is 6.51. The first-order chi connectivity index (χ1) is 12.8. The van der Waals surface area contributed by atoms with Crippen LogP contribution in [0.25, 0.3) is 0 Å². The van der Waals surface area contributed by atoms with Crippen molar-refractivity contribution in [3.8, 4) is 11.5 Å².